The summed E-state index contributed by atoms with van der Waals surface area (Å²) < 4.78 is 35.5. The second-order valence-electron chi connectivity index (χ2n) is 7.63. The fraction of sp³-hybridized carbons (Fsp3) is 0.160. The van der Waals surface area contributed by atoms with E-state index in [1.807, 2.05) is 6.07 Å². The van der Waals surface area contributed by atoms with Crippen molar-refractivity contribution < 1.29 is 27.9 Å². The van der Waals surface area contributed by atoms with Crippen molar-refractivity contribution in [2.75, 3.05) is 13.4 Å². The van der Waals surface area contributed by atoms with E-state index in [1.165, 1.54) is 25.4 Å². The minimum absolute atomic E-state index is 0.0166. The highest BCUT2D eigenvalue weighted by molar-refractivity contribution is 7.53. The van der Waals surface area contributed by atoms with Crippen molar-refractivity contribution >= 4 is 48.3 Å². The minimum Gasteiger partial charge on any atom is -0.488 e. The number of ether oxygens (including phenoxy) is 2. The van der Waals surface area contributed by atoms with Gasteiger partial charge >= 0.3 is 7.60 Å². The van der Waals surface area contributed by atoms with Crippen LogP contribution in [0.15, 0.2) is 73.0 Å². The number of benzene rings is 3. The Hall–Kier alpha value is -2.67. The normalized spacial score (nSPS) is 18.8. The molecule has 4 rings (SSSR count). The third-order valence-corrected chi connectivity index (χ3v) is 7.51. The zero-order valence-corrected chi connectivity index (χ0v) is 22.1. The smallest absolute Gasteiger partial charge is 0.416 e. The van der Waals surface area contributed by atoms with E-state index in [-0.39, 0.29) is 34.7 Å². The van der Waals surface area contributed by atoms with Crippen LogP contribution >= 0.6 is 42.4 Å². The maximum Gasteiger partial charge on any atom is 0.416 e. The Morgan fingerprint density at radius 1 is 1.03 bits per heavy atom. The third-order valence-electron chi connectivity index (χ3n) is 5.16. The van der Waals surface area contributed by atoms with Gasteiger partial charge in [0.05, 0.1) is 21.9 Å². The molecule has 1 amide bonds. The number of halogens is 3. The fourth-order valence-electron chi connectivity index (χ4n) is 3.37. The van der Waals surface area contributed by atoms with Crippen LogP contribution in [0.1, 0.15) is 27.6 Å². The summed E-state index contributed by atoms with van der Waals surface area (Å²) in [6.45, 7) is 0.0166. The van der Waals surface area contributed by atoms with Gasteiger partial charge in [-0.1, -0.05) is 59.1 Å². The van der Waals surface area contributed by atoms with Gasteiger partial charge in [-0.3, -0.25) is 9.32 Å². The topological polar surface area (TPSA) is 83.1 Å². The quantitative estimate of drug-likeness (QED) is 0.285. The van der Waals surface area contributed by atoms with Crippen LogP contribution in [0.5, 0.6) is 11.5 Å². The summed E-state index contributed by atoms with van der Waals surface area (Å²) in [5, 5.41) is 3.65. The lowest BCUT2D eigenvalue weighted by Gasteiger charge is -2.26. The van der Waals surface area contributed by atoms with E-state index in [1.54, 1.807) is 48.5 Å². The highest BCUT2D eigenvalue weighted by Crippen LogP contribution is 2.55. The summed E-state index contributed by atoms with van der Waals surface area (Å²) >= 11 is 18.9. The monoisotopic (exact) mass is 567 g/mol. The predicted octanol–water partition coefficient (Wildman–Crippen LogP) is 7.42. The van der Waals surface area contributed by atoms with Crippen LogP contribution in [0.2, 0.25) is 15.1 Å². The van der Waals surface area contributed by atoms with E-state index < -0.39 is 13.7 Å². The van der Waals surface area contributed by atoms with Gasteiger partial charge in [0, 0.05) is 17.6 Å². The van der Waals surface area contributed by atoms with Crippen LogP contribution in [0, 0.1) is 0 Å². The van der Waals surface area contributed by atoms with Crippen molar-refractivity contribution in [2.24, 2.45) is 0 Å². The number of nitrogens with one attached hydrogen (secondary N) is 1. The van der Waals surface area contributed by atoms with Gasteiger partial charge in [0.2, 0.25) is 6.35 Å². The summed E-state index contributed by atoms with van der Waals surface area (Å²) in [6, 6.07) is 16.9. The molecule has 0 aromatic heterocycles. The fourth-order valence-corrected chi connectivity index (χ4v) is 5.42. The molecule has 0 saturated carbocycles. The van der Waals surface area contributed by atoms with Crippen LogP contribution in [0.3, 0.4) is 0 Å². The van der Waals surface area contributed by atoms with E-state index in [0.717, 1.165) is 5.56 Å². The van der Waals surface area contributed by atoms with Crippen molar-refractivity contribution in [1.82, 2.24) is 5.32 Å². The van der Waals surface area contributed by atoms with Gasteiger partial charge in [0.15, 0.2) is 0 Å². The molecule has 0 spiro atoms. The number of amides is 1. The Morgan fingerprint density at radius 3 is 2.50 bits per heavy atom. The van der Waals surface area contributed by atoms with Gasteiger partial charge in [-0.2, -0.15) is 0 Å². The lowest BCUT2D eigenvalue weighted by Crippen LogP contribution is -2.18. The Bertz CT molecular complexity index is 1330. The molecule has 1 heterocycles. The summed E-state index contributed by atoms with van der Waals surface area (Å²) in [4.78, 5) is 12.1. The lowest BCUT2D eigenvalue weighted by molar-refractivity contribution is 0.0958. The van der Waals surface area contributed by atoms with E-state index in [9.17, 15) is 9.36 Å². The molecule has 188 valence electrons. The van der Waals surface area contributed by atoms with Crippen LogP contribution < -0.4 is 14.8 Å². The van der Waals surface area contributed by atoms with E-state index in [2.05, 4.69) is 5.32 Å². The van der Waals surface area contributed by atoms with Crippen LogP contribution in [0.25, 0.3) is 0 Å². The number of para-hydroxylation sites is 1. The molecule has 0 saturated heterocycles. The van der Waals surface area contributed by atoms with Gasteiger partial charge in [-0.05, 0) is 48.0 Å². The summed E-state index contributed by atoms with van der Waals surface area (Å²) in [5.74, 6) is 0.383. The molecule has 0 fully saturated rings. The third kappa shape index (κ3) is 6.36. The molecule has 0 radical (unpaired) electrons. The zero-order chi connectivity index (χ0) is 25.7. The number of rotatable bonds is 8. The maximum atomic E-state index is 13.1. The zero-order valence-electron chi connectivity index (χ0n) is 19.0. The van der Waals surface area contributed by atoms with E-state index >= 15 is 0 Å². The largest absolute Gasteiger partial charge is 0.488 e. The molecule has 0 unspecified atom stereocenters. The van der Waals surface area contributed by atoms with Gasteiger partial charge in [-0.25, -0.2) is 4.57 Å². The van der Waals surface area contributed by atoms with Crippen LogP contribution in [-0.4, -0.2) is 19.3 Å². The highest BCUT2D eigenvalue weighted by atomic mass is 35.5. The Morgan fingerprint density at radius 2 is 1.78 bits per heavy atom. The molecule has 1 aliphatic rings. The molecule has 0 bridgehead atoms. The Kier molecular flexibility index (Phi) is 8.50. The van der Waals surface area contributed by atoms with Crippen molar-refractivity contribution in [3.63, 3.8) is 0 Å². The van der Waals surface area contributed by atoms with Gasteiger partial charge in [-0.15, -0.1) is 0 Å². The molecule has 7 nitrogen and oxygen atoms in total. The molecule has 11 heteroatoms. The lowest BCUT2D eigenvalue weighted by atomic mass is 10.1. The molecular formula is C25H21Cl3NO6P. The molecule has 36 heavy (non-hydrogen) atoms. The van der Waals surface area contributed by atoms with Crippen LogP contribution in [-0.2, 0) is 20.2 Å². The average Bonchev–Trinajstić information content (AvgIpc) is 2.87. The number of hydrogen-bond acceptors (Lipinski definition) is 6. The van der Waals surface area contributed by atoms with Crippen molar-refractivity contribution in [1.29, 1.82) is 0 Å². The second-order valence-corrected chi connectivity index (χ2v) is 10.8. The van der Waals surface area contributed by atoms with Gasteiger partial charge in [0.25, 0.3) is 5.91 Å². The van der Waals surface area contributed by atoms with Crippen molar-refractivity contribution in [3.8, 4) is 11.5 Å². The van der Waals surface area contributed by atoms with Crippen LogP contribution in [0.4, 0.5) is 0 Å². The van der Waals surface area contributed by atoms with Gasteiger partial charge in [0.1, 0.15) is 24.2 Å². The maximum absolute atomic E-state index is 13.1. The summed E-state index contributed by atoms with van der Waals surface area (Å²) in [6.07, 6.45) is 2.00. The van der Waals surface area contributed by atoms with Crippen molar-refractivity contribution in [2.45, 2.75) is 12.7 Å². The first kappa shape index (κ1) is 26.4. The highest BCUT2D eigenvalue weighted by Gasteiger charge is 2.33. The molecule has 1 aliphatic heterocycles. The number of carbonyl (C=O) groups is 1. The number of carbonyl (C=O) groups excluding carboxylic acids is 1. The summed E-state index contributed by atoms with van der Waals surface area (Å²) in [5.41, 5.74) is 1.61. The van der Waals surface area contributed by atoms with Crippen molar-refractivity contribution in [3.05, 3.63) is 105 Å². The van der Waals surface area contributed by atoms with Gasteiger partial charge < -0.3 is 19.3 Å². The SMILES string of the molecule is CNC(=O)c1ccccc1OCc1c(Cl)cc(OC[P@@]2(=O)OC=C[C@@H](c3cccc(Cl)c3)O2)cc1Cl. The first-order chi connectivity index (χ1) is 17.3. The minimum atomic E-state index is -3.63. The molecular weight excluding hydrogens is 548 g/mol. The second kappa shape index (κ2) is 11.6. The first-order valence-electron chi connectivity index (χ1n) is 10.7. The molecule has 2 atom stereocenters. The molecule has 3 aromatic carbocycles. The van der Waals surface area contributed by atoms with E-state index in [0.29, 0.717) is 21.9 Å². The molecule has 0 aliphatic carbocycles. The van der Waals surface area contributed by atoms with E-state index in [4.69, 9.17) is 53.3 Å². The first-order valence-corrected chi connectivity index (χ1v) is 13.6. The molecule has 3 aromatic rings. The Balaban J connectivity index is 1.42. The summed E-state index contributed by atoms with van der Waals surface area (Å²) in [7, 11) is -2.09. The predicted molar refractivity (Wildman–Crippen MR) is 139 cm³/mol. The average molecular weight is 569 g/mol. The standard InChI is InChI=1S/C25H21Cl3NO6P/c1-29-25(30)19-7-2-3-8-24(19)32-14-20-21(27)12-18(13-22(20)28)33-15-36(31)34-10-9-23(35-36)16-5-4-6-17(26)11-16/h2-13,23H,14-15H2,1H3,(H,29,30)/t23-,36+/m0/s1. The number of hydrogen-bond donors (Lipinski definition) is 1. The Labute approximate surface area is 223 Å². The molecule has 1 N–H and O–H groups in total.